The molecule has 1 atom stereocenters. The van der Waals surface area contributed by atoms with Crippen molar-refractivity contribution < 1.29 is 14.3 Å². The predicted molar refractivity (Wildman–Crippen MR) is 124 cm³/mol. The number of carbonyl (C=O) groups excluding carboxylic acids is 1. The number of hydrogen-bond acceptors (Lipinski definition) is 6. The first-order chi connectivity index (χ1) is 16.1. The summed E-state index contributed by atoms with van der Waals surface area (Å²) in [6.07, 6.45) is 0. The van der Waals surface area contributed by atoms with E-state index in [1.807, 2.05) is 49.4 Å². The van der Waals surface area contributed by atoms with Gasteiger partial charge in [-0.15, -0.1) is 0 Å². The lowest BCUT2D eigenvalue weighted by molar-refractivity contribution is 0.103. The highest BCUT2D eigenvalue weighted by Gasteiger charge is 2.43. The van der Waals surface area contributed by atoms with Gasteiger partial charge in [-0.3, -0.25) is 19.1 Å². The molecule has 2 heterocycles. The van der Waals surface area contributed by atoms with Crippen LogP contribution >= 0.6 is 0 Å². The number of rotatable bonds is 6. The highest BCUT2D eigenvalue weighted by Crippen LogP contribution is 2.49. The highest BCUT2D eigenvalue weighted by molar-refractivity contribution is 6.23. The molecule has 0 unspecified atom stereocenters. The van der Waals surface area contributed by atoms with Gasteiger partial charge in [0.15, 0.2) is 5.78 Å². The van der Waals surface area contributed by atoms with Crippen molar-refractivity contribution in [3.8, 4) is 5.75 Å². The van der Waals surface area contributed by atoms with Crippen molar-refractivity contribution in [2.45, 2.75) is 19.4 Å². The number of allylic oxidation sites excluding steroid dienone is 1. The second kappa shape index (κ2) is 8.22. The van der Waals surface area contributed by atoms with Gasteiger partial charge in [0.1, 0.15) is 11.6 Å². The van der Waals surface area contributed by atoms with Crippen LogP contribution in [0.3, 0.4) is 0 Å². The molecule has 0 radical (unpaired) electrons. The van der Waals surface area contributed by atoms with Gasteiger partial charge < -0.3 is 14.8 Å². The molecule has 0 amide bonds. The molecule has 2 aliphatic rings. The summed E-state index contributed by atoms with van der Waals surface area (Å²) < 4.78 is 12.5. The van der Waals surface area contributed by atoms with E-state index in [0.29, 0.717) is 46.1 Å². The minimum atomic E-state index is -0.711. The van der Waals surface area contributed by atoms with Gasteiger partial charge in [0, 0.05) is 29.4 Å². The molecule has 8 heteroatoms. The predicted octanol–water partition coefficient (Wildman–Crippen LogP) is 2.75. The van der Waals surface area contributed by atoms with E-state index in [1.165, 1.54) is 4.57 Å². The summed E-state index contributed by atoms with van der Waals surface area (Å²) >= 11 is 0. The highest BCUT2D eigenvalue weighted by atomic mass is 16.5. The van der Waals surface area contributed by atoms with E-state index in [9.17, 15) is 14.4 Å². The van der Waals surface area contributed by atoms with E-state index in [1.54, 1.807) is 13.2 Å². The number of nitrogens with one attached hydrogen (secondary N) is 2. The zero-order valence-electron chi connectivity index (χ0n) is 18.3. The van der Waals surface area contributed by atoms with Gasteiger partial charge in [-0.05, 0) is 13.0 Å². The molecule has 0 saturated heterocycles. The van der Waals surface area contributed by atoms with Gasteiger partial charge in [-0.1, -0.05) is 42.5 Å². The number of fused-ring (bicyclic) bond motifs is 3. The number of anilines is 1. The van der Waals surface area contributed by atoms with Crippen LogP contribution in [-0.4, -0.2) is 35.7 Å². The Balaban J connectivity index is 1.84. The van der Waals surface area contributed by atoms with Crippen LogP contribution in [-0.2, 0) is 11.3 Å². The summed E-state index contributed by atoms with van der Waals surface area (Å²) in [5.41, 5.74) is 2.30. The molecule has 1 aromatic heterocycles. The zero-order chi connectivity index (χ0) is 23.1. The molecule has 0 bridgehead atoms. The second-order valence-electron chi connectivity index (χ2n) is 7.86. The number of benzene rings is 2. The van der Waals surface area contributed by atoms with Crippen LogP contribution in [0.25, 0.3) is 5.70 Å². The number of hydrogen-bond donors (Lipinski definition) is 2. The van der Waals surface area contributed by atoms with Gasteiger partial charge in [0.2, 0.25) is 0 Å². The number of H-pyrrole nitrogens is 1. The SMILES string of the molecule is CCOc1ccccc1[C@H]1C2=C(Nc3c1c(=O)[nH]c(=O)n3CCOC)c1ccccc1C2=O. The van der Waals surface area contributed by atoms with Crippen LogP contribution in [0.4, 0.5) is 5.82 Å². The van der Waals surface area contributed by atoms with Crippen molar-refractivity contribution in [3.05, 3.63) is 97.2 Å². The van der Waals surface area contributed by atoms with Gasteiger partial charge in [0.25, 0.3) is 5.56 Å². The average Bonchev–Trinajstić information content (AvgIpc) is 3.10. The van der Waals surface area contributed by atoms with Crippen LogP contribution < -0.4 is 21.3 Å². The van der Waals surface area contributed by atoms with E-state index in [0.717, 1.165) is 5.56 Å². The monoisotopic (exact) mass is 445 g/mol. The normalized spacial score (nSPS) is 16.2. The Labute approximate surface area is 189 Å². The maximum Gasteiger partial charge on any atom is 0.330 e. The minimum Gasteiger partial charge on any atom is -0.494 e. The first-order valence-electron chi connectivity index (χ1n) is 10.8. The Morgan fingerprint density at radius 1 is 1.00 bits per heavy atom. The number of aromatic nitrogens is 2. The van der Waals surface area contributed by atoms with Crippen LogP contribution in [0.5, 0.6) is 5.75 Å². The molecule has 2 aromatic carbocycles. The van der Waals surface area contributed by atoms with Crippen molar-refractivity contribution >= 4 is 17.3 Å². The zero-order valence-corrected chi connectivity index (χ0v) is 18.3. The number of aromatic amines is 1. The summed E-state index contributed by atoms with van der Waals surface area (Å²) in [6.45, 7) is 2.82. The Hall–Kier alpha value is -3.91. The molecular formula is C25H23N3O5. The van der Waals surface area contributed by atoms with Crippen molar-refractivity contribution in [1.29, 1.82) is 0 Å². The molecule has 0 saturated carbocycles. The van der Waals surface area contributed by atoms with Crippen LogP contribution in [0.1, 0.15) is 39.9 Å². The first kappa shape index (κ1) is 21.0. The third-order valence-corrected chi connectivity index (χ3v) is 6.06. The summed E-state index contributed by atoms with van der Waals surface area (Å²) in [4.78, 5) is 42.0. The van der Waals surface area contributed by atoms with Crippen molar-refractivity contribution in [1.82, 2.24) is 9.55 Å². The smallest absolute Gasteiger partial charge is 0.330 e. The molecule has 2 N–H and O–H groups in total. The molecular weight excluding hydrogens is 422 g/mol. The Kier molecular flexibility index (Phi) is 5.22. The summed E-state index contributed by atoms with van der Waals surface area (Å²) in [5.74, 6) is 0.0870. The molecule has 1 aliphatic heterocycles. The molecule has 168 valence electrons. The van der Waals surface area contributed by atoms with Gasteiger partial charge >= 0.3 is 5.69 Å². The van der Waals surface area contributed by atoms with Gasteiger partial charge in [-0.25, -0.2) is 4.79 Å². The third-order valence-electron chi connectivity index (χ3n) is 6.06. The molecule has 8 nitrogen and oxygen atoms in total. The third kappa shape index (κ3) is 3.22. The van der Waals surface area contributed by atoms with Crippen molar-refractivity contribution in [3.63, 3.8) is 0 Å². The van der Waals surface area contributed by atoms with E-state index in [4.69, 9.17) is 9.47 Å². The second-order valence-corrected chi connectivity index (χ2v) is 7.86. The van der Waals surface area contributed by atoms with E-state index < -0.39 is 17.2 Å². The number of methoxy groups -OCH3 is 1. The van der Waals surface area contributed by atoms with Gasteiger partial charge in [0.05, 0.1) is 36.9 Å². The lowest BCUT2D eigenvalue weighted by atomic mass is 9.81. The largest absolute Gasteiger partial charge is 0.494 e. The number of carbonyl (C=O) groups is 1. The lowest BCUT2D eigenvalue weighted by Crippen LogP contribution is -2.39. The summed E-state index contributed by atoms with van der Waals surface area (Å²) in [6, 6.07) is 14.7. The number of ketones is 1. The fourth-order valence-corrected chi connectivity index (χ4v) is 4.68. The minimum absolute atomic E-state index is 0.149. The Bertz CT molecular complexity index is 1420. The maximum absolute atomic E-state index is 13.6. The average molecular weight is 445 g/mol. The first-order valence-corrected chi connectivity index (χ1v) is 10.8. The van der Waals surface area contributed by atoms with Crippen molar-refractivity contribution in [2.24, 2.45) is 0 Å². The number of Topliss-reactive ketones (excluding diaryl/α,β-unsaturated/α-hetero) is 1. The van der Waals surface area contributed by atoms with E-state index in [-0.39, 0.29) is 18.9 Å². The molecule has 3 aromatic rings. The Morgan fingerprint density at radius 3 is 2.48 bits per heavy atom. The fourth-order valence-electron chi connectivity index (χ4n) is 4.68. The lowest BCUT2D eigenvalue weighted by Gasteiger charge is -2.30. The van der Waals surface area contributed by atoms with Gasteiger partial charge in [-0.2, -0.15) is 0 Å². The number of ether oxygens (including phenoxy) is 2. The van der Waals surface area contributed by atoms with Crippen LogP contribution in [0, 0.1) is 0 Å². The van der Waals surface area contributed by atoms with E-state index in [2.05, 4.69) is 10.3 Å². The van der Waals surface area contributed by atoms with Crippen LogP contribution in [0.2, 0.25) is 0 Å². The summed E-state index contributed by atoms with van der Waals surface area (Å²) in [5, 5.41) is 3.26. The molecule has 33 heavy (non-hydrogen) atoms. The standard InChI is InChI=1S/C25H23N3O5/c1-3-33-17-11-7-6-10-16(17)18-19-21(14-8-4-5-9-15(14)22(19)29)26-23-20(18)24(30)27-25(31)28(23)12-13-32-2/h4-11,18,26H,3,12-13H2,1-2H3,(H,27,30,31)/t18-/m0/s1. The molecule has 1 aliphatic carbocycles. The molecule has 0 spiro atoms. The number of nitrogens with zero attached hydrogens (tertiary/aromatic N) is 1. The molecule has 5 rings (SSSR count). The Morgan fingerprint density at radius 2 is 1.73 bits per heavy atom. The quantitative estimate of drug-likeness (QED) is 0.605. The van der Waals surface area contributed by atoms with E-state index >= 15 is 0 Å². The van der Waals surface area contributed by atoms with Crippen LogP contribution in [0.15, 0.2) is 63.7 Å². The fraction of sp³-hybridized carbons (Fsp3) is 0.240. The maximum atomic E-state index is 13.6. The topological polar surface area (TPSA) is 102 Å². The van der Waals surface area contributed by atoms with Crippen molar-refractivity contribution in [2.75, 3.05) is 25.6 Å². The number of para-hydroxylation sites is 1. The summed E-state index contributed by atoms with van der Waals surface area (Å²) in [7, 11) is 1.55. The molecule has 0 fully saturated rings.